The summed E-state index contributed by atoms with van der Waals surface area (Å²) in [6, 6.07) is 11.4. The van der Waals surface area contributed by atoms with Crippen molar-refractivity contribution in [2.45, 2.75) is 38.3 Å². The van der Waals surface area contributed by atoms with Gasteiger partial charge in [0.1, 0.15) is 16.7 Å². The zero-order valence-electron chi connectivity index (χ0n) is 16.7. The minimum Gasteiger partial charge on any atom is -0.444 e. The van der Waals surface area contributed by atoms with E-state index in [9.17, 15) is 14.9 Å². The summed E-state index contributed by atoms with van der Waals surface area (Å²) >= 11 is 0. The van der Waals surface area contributed by atoms with Crippen molar-refractivity contribution >= 4 is 23.5 Å². The van der Waals surface area contributed by atoms with Gasteiger partial charge in [0.2, 0.25) is 0 Å². The molecule has 1 aromatic carbocycles. The van der Waals surface area contributed by atoms with Crippen molar-refractivity contribution in [1.29, 1.82) is 5.26 Å². The number of aromatic nitrogens is 2. The third-order valence-electron chi connectivity index (χ3n) is 4.53. The summed E-state index contributed by atoms with van der Waals surface area (Å²) in [4.78, 5) is 25.7. The smallest absolute Gasteiger partial charge is 0.410 e. The van der Waals surface area contributed by atoms with Crippen LogP contribution in [-0.4, -0.2) is 45.4 Å². The van der Waals surface area contributed by atoms with Gasteiger partial charge in [-0.25, -0.2) is 4.79 Å². The molecular weight excluding hydrogens is 372 g/mol. The van der Waals surface area contributed by atoms with Crippen molar-refractivity contribution in [3.8, 4) is 6.07 Å². The van der Waals surface area contributed by atoms with Crippen LogP contribution in [0.15, 0.2) is 36.5 Å². The van der Waals surface area contributed by atoms with E-state index >= 15 is 0 Å². The van der Waals surface area contributed by atoms with Crippen LogP contribution in [0.25, 0.3) is 0 Å². The van der Waals surface area contributed by atoms with Crippen LogP contribution in [0.5, 0.6) is 0 Å². The van der Waals surface area contributed by atoms with Gasteiger partial charge in [-0.1, -0.05) is 18.2 Å². The second-order valence-corrected chi connectivity index (χ2v) is 8.09. The number of hydrogen-bond donors (Lipinski definition) is 2. The molecule has 3 rings (SSSR count). The predicted molar refractivity (Wildman–Crippen MR) is 106 cm³/mol. The number of nitrogens with zero attached hydrogens (tertiary/aromatic N) is 4. The van der Waals surface area contributed by atoms with E-state index in [0.29, 0.717) is 5.82 Å². The fourth-order valence-corrected chi connectivity index (χ4v) is 3.15. The van der Waals surface area contributed by atoms with E-state index in [-0.39, 0.29) is 25.1 Å². The second kappa shape index (κ2) is 7.47. The summed E-state index contributed by atoms with van der Waals surface area (Å²) in [6.45, 7) is 5.88. The Kier molecular flexibility index (Phi) is 5.20. The van der Waals surface area contributed by atoms with Crippen LogP contribution >= 0.6 is 0 Å². The molecule has 29 heavy (non-hydrogen) atoms. The number of amides is 2. The minimum atomic E-state index is -0.744. The van der Waals surface area contributed by atoms with Crippen molar-refractivity contribution in [1.82, 2.24) is 14.7 Å². The number of hydrogen-bond acceptors (Lipinski definition) is 6. The van der Waals surface area contributed by atoms with E-state index in [1.807, 2.05) is 30.3 Å². The molecule has 1 saturated heterocycles. The van der Waals surface area contributed by atoms with Crippen molar-refractivity contribution < 1.29 is 14.3 Å². The fraction of sp³-hybridized carbons (Fsp3) is 0.400. The molecule has 1 aromatic heterocycles. The van der Waals surface area contributed by atoms with E-state index in [2.05, 4.69) is 16.5 Å². The lowest BCUT2D eigenvalue weighted by molar-refractivity contribution is -0.0313. The first-order valence-corrected chi connectivity index (χ1v) is 9.20. The predicted octanol–water partition coefficient (Wildman–Crippen LogP) is 2.59. The highest BCUT2D eigenvalue weighted by Gasteiger charge is 2.49. The number of benzene rings is 1. The van der Waals surface area contributed by atoms with Crippen LogP contribution < -0.4 is 11.1 Å². The Morgan fingerprint density at radius 1 is 1.31 bits per heavy atom. The number of carbonyl (C=O) groups excluding carboxylic acids is 2. The van der Waals surface area contributed by atoms with Gasteiger partial charge in [-0.3, -0.25) is 9.48 Å². The standard InChI is InChI=1S/C20H24N6O3/c1-19(2,3)29-18(28)25-12-20(13-25,9-10-21)26-11-15(16(22)27)17(24-26)23-14-7-5-4-6-8-14/h4-8,11H,9,12-13H2,1-3H3,(H2,22,27)(H,23,24). The Labute approximate surface area is 169 Å². The maximum atomic E-state index is 12.3. The molecule has 0 saturated carbocycles. The topological polar surface area (TPSA) is 126 Å². The van der Waals surface area contributed by atoms with Crippen LogP contribution in [0, 0.1) is 11.3 Å². The van der Waals surface area contributed by atoms with Crippen molar-refractivity contribution in [2.75, 3.05) is 18.4 Å². The second-order valence-electron chi connectivity index (χ2n) is 8.09. The summed E-state index contributed by atoms with van der Waals surface area (Å²) in [5.41, 5.74) is 5.13. The third-order valence-corrected chi connectivity index (χ3v) is 4.53. The van der Waals surface area contributed by atoms with Gasteiger partial charge in [0.05, 0.1) is 25.6 Å². The molecule has 2 aromatic rings. The monoisotopic (exact) mass is 396 g/mol. The minimum absolute atomic E-state index is 0.122. The Balaban J connectivity index is 1.85. The highest BCUT2D eigenvalue weighted by molar-refractivity contribution is 5.98. The van der Waals surface area contributed by atoms with Gasteiger partial charge in [-0.05, 0) is 32.9 Å². The SMILES string of the molecule is CC(C)(C)OC(=O)N1CC(CC#N)(n2cc(C(N)=O)c(Nc3ccccc3)n2)C1. The molecule has 1 aliphatic heterocycles. The maximum absolute atomic E-state index is 12.3. The van der Waals surface area contributed by atoms with Crippen molar-refractivity contribution in [3.63, 3.8) is 0 Å². The summed E-state index contributed by atoms with van der Waals surface area (Å²) in [6.07, 6.45) is 1.20. The molecule has 0 spiro atoms. The summed E-state index contributed by atoms with van der Waals surface area (Å²) in [5, 5.41) is 16.9. The normalized spacial score (nSPS) is 15.2. The van der Waals surface area contributed by atoms with Crippen molar-refractivity contribution in [3.05, 3.63) is 42.1 Å². The van der Waals surface area contributed by atoms with Crippen LogP contribution in [0.1, 0.15) is 37.6 Å². The number of ether oxygens (including phenoxy) is 1. The summed E-state index contributed by atoms with van der Waals surface area (Å²) < 4.78 is 6.94. The maximum Gasteiger partial charge on any atom is 0.410 e. The van der Waals surface area contributed by atoms with Gasteiger partial charge in [-0.15, -0.1) is 0 Å². The van der Waals surface area contributed by atoms with Crippen LogP contribution in [0.4, 0.5) is 16.3 Å². The number of rotatable bonds is 5. The lowest BCUT2D eigenvalue weighted by Gasteiger charge is -2.48. The highest BCUT2D eigenvalue weighted by Crippen LogP contribution is 2.35. The molecule has 9 nitrogen and oxygen atoms in total. The molecule has 0 unspecified atom stereocenters. The lowest BCUT2D eigenvalue weighted by Crippen LogP contribution is -2.64. The van der Waals surface area contributed by atoms with Gasteiger partial charge < -0.3 is 20.7 Å². The van der Waals surface area contributed by atoms with Gasteiger partial charge in [0, 0.05) is 11.9 Å². The van der Waals surface area contributed by atoms with E-state index < -0.39 is 23.1 Å². The average molecular weight is 396 g/mol. The molecule has 1 fully saturated rings. The van der Waals surface area contributed by atoms with Crippen LogP contribution in [0.3, 0.4) is 0 Å². The zero-order valence-corrected chi connectivity index (χ0v) is 16.7. The Bertz CT molecular complexity index is 949. The summed E-state index contributed by atoms with van der Waals surface area (Å²) in [7, 11) is 0. The van der Waals surface area contributed by atoms with Gasteiger partial charge >= 0.3 is 6.09 Å². The molecule has 152 valence electrons. The number of nitriles is 1. The first-order chi connectivity index (χ1) is 13.6. The fourth-order valence-electron chi connectivity index (χ4n) is 3.15. The molecule has 2 heterocycles. The first-order valence-electron chi connectivity index (χ1n) is 9.20. The quantitative estimate of drug-likeness (QED) is 0.800. The molecule has 1 aliphatic rings. The number of carbonyl (C=O) groups is 2. The Morgan fingerprint density at radius 3 is 2.52 bits per heavy atom. The summed E-state index contributed by atoms with van der Waals surface area (Å²) in [5.74, 6) is -0.332. The van der Waals surface area contributed by atoms with E-state index in [1.54, 1.807) is 25.5 Å². The van der Waals surface area contributed by atoms with Gasteiger partial charge in [0.25, 0.3) is 5.91 Å². The van der Waals surface area contributed by atoms with Crippen molar-refractivity contribution in [2.24, 2.45) is 5.73 Å². The number of primary amides is 1. The first kappa shape index (κ1) is 20.2. The lowest BCUT2D eigenvalue weighted by atomic mass is 9.87. The van der Waals surface area contributed by atoms with Gasteiger partial charge in [0.15, 0.2) is 5.82 Å². The molecule has 3 N–H and O–H groups in total. The van der Waals surface area contributed by atoms with Crippen LogP contribution in [-0.2, 0) is 10.3 Å². The highest BCUT2D eigenvalue weighted by atomic mass is 16.6. The number of likely N-dealkylation sites (tertiary alicyclic amines) is 1. The van der Waals surface area contributed by atoms with Gasteiger partial charge in [-0.2, -0.15) is 10.4 Å². The largest absolute Gasteiger partial charge is 0.444 e. The molecule has 0 atom stereocenters. The van der Waals surface area contributed by atoms with E-state index in [1.165, 1.54) is 11.1 Å². The zero-order chi connectivity index (χ0) is 21.2. The van der Waals surface area contributed by atoms with E-state index in [0.717, 1.165) is 5.69 Å². The van der Waals surface area contributed by atoms with E-state index in [4.69, 9.17) is 10.5 Å². The molecule has 9 heteroatoms. The number of para-hydroxylation sites is 1. The molecular formula is C20H24N6O3. The Morgan fingerprint density at radius 2 is 1.97 bits per heavy atom. The molecule has 2 amide bonds. The molecule has 0 bridgehead atoms. The number of anilines is 2. The molecule has 0 radical (unpaired) electrons. The number of nitrogens with two attached hydrogens (primary N) is 1. The average Bonchev–Trinajstić information content (AvgIpc) is 3.01. The number of nitrogens with one attached hydrogen (secondary N) is 1. The van der Waals surface area contributed by atoms with Crippen LogP contribution in [0.2, 0.25) is 0 Å². The third kappa shape index (κ3) is 4.32. The molecule has 0 aliphatic carbocycles. The Hall–Kier alpha value is -3.54.